The number of aryl methyl sites for hydroxylation is 1. The largest absolute Gasteiger partial charge is 0.378 e. The maximum absolute atomic E-state index is 13.0. The van der Waals surface area contributed by atoms with Crippen molar-refractivity contribution in [1.29, 1.82) is 0 Å². The highest BCUT2D eigenvalue weighted by Gasteiger charge is 2.23. The molecule has 0 aliphatic carbocycles. The van der Waals surface area contributed by atoms with Crippen LogP contribution in [-0.2, 0) is 26.1 Å². The van der Waals surface area contributed by atoms with E-state index >= 15 is 0 Å². The molecule has 1 fully saturated rings. The number of carbonyl (C=O) groups is 1. The molecule has 1 aliphatic heterocycles. The summed E-state index contributed by atoms with van der Waals surface area (Å²) in [5, 5.41) is 1.09. The van der Waals surface area contributed by atoms with Crippen molar-refractivity contribution < 1.29 is 17.9 Å². The lowest BCUT2D eigenvalue weighted by molar-refractivity contribution is -0.132. The van der Waals surface area contributed by atoms with Gasteiger partial charge in [-0.15, -0.1) is 0 Å². The molecule has 178 valence electrons. The Kier molecular flexibility index (Phi) is 8.66. The number of ether oxygens (including phenoxy) is 1. The molecule has 3 rings (SSSR count). The van der Waals surface area contributed by atoms with Crippen LogP contribution in [0.2, 0.25) is 0 Å². The molecule has 1 atom stereocenters. The van der Waals surface area contributed by atoms with Gasteiger partial charge in [0, 0.05) is 44.9 Å². The van der Waals surface area contributed by atoms with E-state index in [9.17, 15) is 13.2 Å². The second-order valence-electron chi connectivity index (χ2n) is 8.55. The summed E-state index contributed by atoms with van der Waals surface area (Å²) in [6.45, 7) is 3.20. The van der Waals surface area contributed by atoms with E-state index in [2.05, 4.69) is 4.72 Å². The normalized spacial score (nSPS) is 16.3. The van der Waals surface area contributed by atoms with Crippen molar-refractivity contribution >= 4 is 27.7 Å². The van der Waals surface area contributed by atoms with Crippen LogP contribution in [0.4, 0.5) is 5.69 Å². The maximum Gasteiger partial charge on any atom is 0.238 e. The number of hydrogen-bond acceptors (Lipinski definition) is 5. The smallest absolute Gasteiger partial charge is 0.238 e. The predicted octanol–water partition coefficient (Wildman–Crippen LogP) is 3.16. The van der Waals surface area contributed by atoms with Crippen LogP contribution in [0.1, 0.15) is 29.5 Å². The van der Waals surface area contributed by atoms with Gasteiger partial charge in [-0.2, -0.15) is 0 Å². The first-order chi connectivity index (χ1) is 15.7. The molecule has 0 unspecified atom stereocenters. The highest BCUT2D eigenvalue weighted by Crippen LogP contribution is 2.17. The van der Waals surface area contributed by atoms with Gasteiger partial charge < -0.3 is 14.5 Å². The lowest BCUT2D eigenvalue weighted by Gasteiger charge is -2.26. The Morgan fingerprint density at radius 1 is 1.12 bits per heavy atom. The highest BCUT2D eigenvalue weighted by atomic mass is 32.2. The van der Waals surface area contributed by atoms with Gasteiger partial charge in [0.15, 0.2) is 0 Å². The minimum Gasteiger partial charge on any atom is -0.378 e. The van der Waals surface area contributed by atoms with Crippen LogP contribution in [0.25, 0.3) is 6.08 Å². The minimum atomic E-state index is -3.75. The Morgan fingerprint density at radius 3 is 2.42 bits per heavy atom. The monoisotopic (exact) mass is 471 g/mol. The van der Waals surface area contributed by atoms with Crippen LogP contribution >= 0.6 is 0 Å². The third kappa shape index (κ3) is 7.99. The Labute approximate surface area is 197 Å². The summed E-state index contributed by atoms with van der Waals surface area (Å²) in [5.41, 5.74) is 3.93. The van der Waals surface area contributed by atoms with Crippen molar-refractivity contribution in [3.63, 3.8) is 0 Å². The molecular weight excluding hydrogens is 438 g/mol. The Bertz CT molecular complexity index is 1040. The number of benzene rings is 2. The average Bonchev–Trinajstić information content (AvgIpc) is 3.30. The van der Waals surface area contributed by atoms with Crippen LogP contribution in [0.3, 0.4) is 0 Å². The molecule has 2 aromatic carbocycles. The fourth-order valence-corrected chi connectivity index (χ4v) is 4.33. The SMILES string of the molecule is Cc1ccc(/C=C/S(=O)(=O)NCC(=O)N(Cc2ccc(N(C)C)cc2)C[C@@H]2CCCO2)cc1. The van der Waals surface area contributed by atoms with E-state index in [0.29, 0.717) is 19.7 Å². The van der Waals surface area contributed by atoms with Gasteiger partial charge in [0.1, 0.15) is 0 Å². The molecule has 1 heterocycles. The van der Waals surface area contributed by atoms with Gasteiger partial charge in [0.25, 0.3) is 0 Å². The molecule has 1 saturated heterocycles. The van der Waals surface area contributed by atoms with Crippen molar-refractivity contribution in [2.45, 2.75) is 32.4 Å². The summed E-state index contributed by atoms with van der Waals surface area (Å²) in [5.74, 6) is -0.283. The Hall–Kier alpha value is -2.68. The summed E-state index contributed by atoms with van der Waals surface area (Å²) in [6, 6.07) is 15.5. The van der Waals surface area contributed by atoms with Crippen LogP contribution in [0, 0.1) is 6.92 Å². The fraction of sp³-hybridized carbons (Fsp3) is 0.400. The van der Waals surface area contributed by atoms with Crippen molar-refractivity contribution in [3.8, 4) is 0 Å². The molecule has 7 nitrogen and oxygen atoms in total. The van der Waals surface area contributed by atoms with E-state index in [-0.39, 0.29) is 18.6 Å². The standard InChI is InChI=1S/C25H33N3O4S/c1-20-6-8-21(9-7-20)14-16-33(30,31)26-17-25(29)28(19-24-5-4-15-32-24)18-22-10-12-23(13-11-22)27(2)3/h6-14,16,24,26H,4-5,15,17-19H2,1-3H3/b16-14+/t24-/m0/s1. The van der Waals surface area contributed by atoms with E-state index in [0.717, 1.165) is 40.6 Å². The number of anilines is 1. The van der Waals surface area contributed by atoms with Gasteiger partial charge in [-0.1, -0.05) is 42.0 Å². The van der Waals surface area contributed by atoms with Gasteiger partial charge in [-0.05, 0) is 49.1 Å². The third-order valence-corrected chi connectivity index (χ3v) is 6.61. The number of sulfonamides is 1. The van der Waals surface area contributed by atoms with Crippen LogP contribution in [-0.4, -0.2) is 59.1 Å². The maximum atomic E-state index is 13.0. The molecule has 0 saturated carbocycles. The van der Waals surface area contributed by atoms with Crippen LogP contribution in [0.5, 0.6) is 0 Å². The lowest BCUT2D eigenvalue weighted by atomic mass is 10.1. The molecule has 0 bridgehead atoms. The van der Waals surface area contributed by atoms with Crippen LogP contribution in [0.15, 0.2) is 53.9 Å². The molecule has 8 heteroatoms. The zero-order valence-electron chi connectivity index (χ0n) is 19.5. The summed E-state index contributed by atoms with van der Waals surface area (Å²) in [4.78, 5) is 16.7. The van der Waals surface area contributed by atoms with Crippen molar-refractivity contribution in [3.05, 3.63) is 70.6 Å². The molecule has 2 aromatic rings. The number of nitrogens with zero attached hydrogens (tertiary/aromatic N) is 2. The van der Waals surface area contributed by atoms with Crippen molar-refractivity contribution in [2.75, 3.05) is 38.7 Å². The molecule has 0 spiro atoms. The van der Waals surface area contributed by atoms with Gasteiger partial charge in [0.05, 0.1) is 12.6 Å². The zero-order chi connectivity index (χ0) is 23.8. The summed E-state index contributed by atoms with van der Waals surface area (Å²) in [7, 11) is 0.199. The van der Waals surface area contributed by atoms with E-state index in [1.807, 2.05) is 74.4 Å². The Morgan fingerprint density at radius 2 is 1.82 bits per heavy atom. The summed E-state index contributed by atoms with van der Waals surface area (Å²) in [6.07, 6.45) is 3.37. The topological polar surface area (TPSA) is 79.0 Å². The second kappa shape index (κ2) is 11.4. The Balaban J connectivity index is 1.63. The van der Waals surface area contributed by atoms with Gasteiger partial charge in [0.2, 0.25) is 15.9 Å². The van der Waals surface area contributed by atoms with E-state index < -0.39 is 10.0 Å². The molecule has 1 aliphatic rings. The average molecular weight is 472 g/mol. The van der Waals surface area contributed by atoms with E-state index in [1.54, 1.807) is 4.90 Å². The number of hydrogen-bond donors (Lipinski definition) is 1. The first kappa shape index (κ1) is 25.0. The second-order valence-corrected chi connectivity index (χ2v) is 10.2. The van der Waals surface area contributed by atoms with Crippen molar-refractivity contribution in [1.82, 2.24) is 9.62 Å². The van der Waals surface area contributed by atoms with Crippen molar-refractivity contribution in [2.24, 2.45) is 0 Å². The van der Waals surface area contributed by atoms with Gasteiger partial charge in [-0.3, -0.25) is 4.79 Å². The first-order valence-corrected chi connectivity index (χ1v) is 12.7. The molecule has 0 radical (unpaired) electrons. The zero-order valence-corrected chi connectivity index (χ0v) is 20.3. The molecule has 0 aromatic heterocycles. The predicted molar refractivity (Wildman–Crippen MR) is 132 cm³/mol. The number of nitrogens with one attached hydrogen (secondary N) is 1. The van der Waals surface area contributed by atoms with E-state index in [4.69, 9.17) is 4.74 Å². The summed E-state index contributed by atoms with van der Waals surface area (Å²) >= 11 is 0. The third-order valence-electron chi connectivity index (χ3n) is 5.57. The van der Waals surface area contributed by atoms with Gasteiger partial charge in [-0.25, -0.2) is 13.1 Å². The van der Waals surface area contributed by atoms with Gasteiger partial charge >= 0.3 is 0 Å². The fourth-order valence-electron chi connectivity index (χ4n) is 3.58. The first-order valence-electron chi connectivity index (χ1n) is 11.1. The molecule has 1 N–H and O–H groups in total. The molecule has 33 heavy (non-hydrogen) atoms. The summed E-state index contributed by atoms with van der Waals surface area (Å²) < 4.78 is 32.9. The minimum absolute atomic E-state index is 0.0203. The number of rotatable bonds is 10. The quantitative estimate of drug-likeness (QED) is 0.576. The molecule has 1 amide bonds. The number of carbonyl (C=O) groups excluding carboxylic acids is 1. The lowest BCUT2D eigenvalue weighted by Crippen LogP contribution is -2.42. The molecular formula is C25H33N3O4S. The number of amides is 1. The van der Waals surface area contributed by atoms with E-state index in [1.165, 1.54) is 6.08 Å². The van der Waals surface area contributed by atoms with Crippen LogP contribution < -0.4 is 9.62 Å². The highest BCUT2D eigenvalue weighted by molar-refractivity contribution is 7.92.